The number of ketones is 1. The summed E-state index contributed by atoms with van der Waals surface area (Å²) in [5.41, 5.74) is 1.97. The average molecular weight is 409 g/mol. The summed E-state index contributed by atoms with van der Waals surface area (Å²) in [6, 6.07) is 4.54. The predicted molar refractivity (Wildman–Crippen MR) is 108 cm³/mol. The molecule has 0 fully saturated rings. The van der Waals surface area contributed by atoms with E-state index in [1.165, 1.54) is 16.8 Å². The van der Waals surface area contributed by atoms with Crippen LogP contribution in [0.15, 0.2) is 29.4 Å². The van der Waals surface area contributed by atoms with Gasteiger partial charge in [0.2, 0.25) is 9.84 Å². The highest BCUT2D eigenvalue weighted by Gasteiger charge is 2.25. The summed E-state index contributed by atoms with van der Waals surface area (Å²) in [5.74, 6) is -1.48. The fourth-order valence-corrected chi connectivity index (χ4v) is 4.48. The van der Waals surface area contributed by atoms with Gasteiger partial charge in [0.1, 0.15) is 11.6 Å². The molecule has 0 amide bonds. The molecule has 0 saturated carbocycles. The Bertz CT molecular complexity index is 960. The molecule has 1 aromatic heterocycles. The van der Waals surface area contributed by atoms with Crippen LogP contribution in [0.4, 0.5) is 4.39 Å². The Morgan fingerprint density at radius 1 is 1.07 bits per heavy atom. The molecule has 0 N–H and O–H groups in total. The first-order valence-electron chi connectivity index (χ1n) is 9.54. The van der Waals surface area contributed by atoms with Crippen LogP contribution in [0, 0.1) is 5.82 Å². The molecule has 0 bridgehead atoms. The second-order valence-corrected chi connectivity index (χ2v) is 9.98. The number of sulfone groups is 1. The van der Waals surface area contributed by atoms with Gasteiger partial charge < -0.3 is 0 Å². The van der Waals surface area contributed by atoms with Crippen molar-refractivity contribution in [3.8, 4) is 0 Å². The van der Waals surface area contributed by atoms with Gasteiger partial charge in [0, 0.05) is 18.7 Å². The highest BCUT2D eigenvalue weighted by Crippen LogP contribution is 2.30. The summed E-state index contributed by atoms with van der Waals surface area (Å²) in [5, 5.41) is 3.95. The molecule has 0 aliphatic rings. The lowest BCUT2D eigenvalue weighted by Gasteiger charge is -2.20. The molecule has 1 heterocycles. The van der Waals surface area contributed by atoms with E-state index in [1.807, 2.05) is 41.5 Å². The van der Waals surface area contributed by atoms with Gasteiger partial charge in [-0.3, -0.25) is 9.48 Å². The lowest BCUT2D eigenvalue weighted by Crippen LogP contribution is -2.21. The van der Waals surface area contributed by atoms with Gasteiger partial charge in [-0.25, -0.2) is 12.8 Å². The molecular weight excluding hydrogens is 379 g/mol. The van der Waals surface area contributed by atoms with Crippen molar-refractivity contribution in [2.24, 2.45) is 0 Å². The van der Waals surface area contributed by atoms with Crippen LogP contribution >= 0.6 is 0 Å². The molecule has 0 unspecified atom stereocenters. The molecule has 2 aromatic rings. The lowest BCUT2D eigenvalue weighted by molar-refractivity contribution is -0.116. The molecule has 0 atom stereocenters. The van der Waals surface area contributed by atoms with Crippen LogP contribution in [0.3, 0.4) is 0 Å². The van der Waals surface area contributed by atoms with Gasteiger partial charge in [-0.1, -0.05) is 33.8 Å². The number of benzene rings is 1. The van der Waals surface area contributed by atoms with Crippen LogP contribution in [-0.2, 0) is 21.1 Å². The zero-order chi connectivity index (χ0) is 21.2. The third-order valence-electron chi connectivity index (χ3n) is 4.70. The normalized spacial score (nSPS) is 12.4. The number of hydrogen-bond donors (Lipinski definition) is 0. The number of Topliss-reactive ketones (excluding diaryl/α,β-unsaturated/α-hetero) is 1. The van der Waals surface area contributed by atoms with Crippen molar-refractivity contribution in [2.75, 3.05) is 5.75 Å². The van der Waals surface area contributed by atoms with Crippen molar-refractivity contribution in [3.05, 3.63) is 46.9 Å². The first kappa shape index (κ1) is 22.3. The maximum atomic E-state index is 14.4. The predicted octanol–water partition coefficient (Wildman–Crippen LogP) is 4.44. The maximum Gasteiger partial charge on any atom is 0.204 e. The van der Waals surface area contributed by atoms with Gasteiger partial charge in [-0.15, -0.1) is 0 Å². The highest BCUT2D eigenvalue weighted by molar-refractivity contribution is 7.92. The topological polar surface area (TPSA) is 69.0 Å². The Labute approximate surface area is 166 Å². The third-order valence-corrected chi connectivity index (χ3v) is 6.25. The van der Waals surface area contributed by atoms with Crippen molar-refractivity contribution in [1.29, 1.82) is 0 Å². The molecule has 0 radical (unpaired) electrons. The lowest BCUT2D eigenvalue weighted by atomic mass is 9.86. The smallest absolute Gasteiger partial charge is 0.204 e. The number of nitrogens with zero attached hydrogens (tertiary/aromatic N) is 2. The first-order valence-corrected chi connectivity index (χ1v) is 11.2. The zero-order valence-corrected chi connectivity index (χ0v) is 18.2. The summed E-state index contributed by atoms with van der Waals surface area (Å²) in [7, 11) is -3.84. The van der Waals surface area contributed by atoms with Crippen molar-refractivity contribution in [3.63, 3.8) is 0 Å². The Kier molecular flexibility index (Phi) is 6.80. The number of halogens is 1. The molecule has 0 saturated heterocycles. The van der Waals surface area contributed by atoms with Crippen molar-refractivity contribution in [1.82, 2.24) is 9.78 Å². The number of carbonyl (C=O) groups excluding carboxylic acids is 1. The van der Waals surface area contributed by atoms with Crippen LogP contribution < -0.4 is 0 Å². The molecule has 28 heavy (non-hydrogen) atoms. The van der Waals surface area contributed by atoms with Crippen molar-refractivity contribution in [2.45, 2.75) is 70.9 Å². The Morgan fingerprint density at radius 2 is 1.71 bits per heavy atom. The Hall–Kier alpha value is -2.02. The minimum Gasteiger partial charge on any atom is -0.298 e. The molecular formula is C21H29FN2O3S. The average Bonchev–Trinajstić information content (AvgIpc) is 3.04. The van der Waals surface area contributed by atoms with Crippen LogP contribution in [0.5, 0.6) is 0 Å². The third kappa shape index (κ3) is 4.87. The van der Waals surface area contributed by atoms with Gasteiger partial charge in [0.25, 0.3) is 0 Å². The quantitative estimate of drug-likeness (QED) is 0.648. The van der Waals surface area contributed by atoms with Crippen molar-refractivity contribution >= 4 is 15.6 Å². The first-order chi connectivity index (χ1) is 12.9. The van der Waals surface area contributed by atoms with Crippen LogP contribution in [0.2, 0.25) is 0 Å². The number of aromatic nitrogens is 2. The SMILES string of the molecule is CC(C)c1ccc(F)c(C(C)C)c1CC(=O)CS(=O)(=O)c1ccn(C(C)C)n1. The van der Waals surface area contributed by atoms with E-state index in [9.17, 15) is 17.6 Å². The highest BCUT2D eigenvalue weighted by atomic mass is 32.2. The van der Waals surface area contributed by atoms with E-state index < -0.39 is 21.4 Å². The second-order valence-electron chi connectivity index (χ2n) is 8.04. The molecule has 0 aliphatic carbocycles. The van der Waals surface area contributed by atoms with E-state index in [0.717, 1.165) is 5.56 Å². The van der Waals surface area contributed by atoms with Gasteiger partial charge in [0.05, 0.1) is 0 Å². The largest absolute Gasteiger partial charge is 0.298 e. The van der Waals surface area contributed by atoms with E-state index in [1.54, 1.807) is 12.3 Å². The minimum absolute atomic E-state index is 0.0224. The van der Waals surface area contributed by atoms with E-state index in [4.69, 9.17) is 0 Å². The molecule has 0 spiro atoms. The summed E-state index contributed by atoms with van der Waals surface area (Å²) in [4.78, 5) is 12.7. The van der Waals surface area contributed by atoms with Crippen LogP contribution in [0.25, 0.3) is 0 Å². The van der Waals surface area contributed by atoms with Gasteiger partial charge in [-0.2, -0.15) is 5.10 Å². The van der Waals surface area contributed by atoms with Gasteiger partial charge in [0.15, 0.2) is 10.8 Å². The number of carbonyl (C=O) groups is 1. The molecule has 1 aromatic carbocycles. The molecule has 154 valence electrons. The van der Waals surface area contributed by atoms with Crippen LogP contribution in [-0.4, -0.2) is 29.7 Å². The summed E-state index contributed by atoms with van der Waals surface area (Å²) in [6.45, 7) is 11.5. The number of rotatable bonds is 8. The summed E-state index contributed by atoms with van der Waals surface area (Å²) in [6.07, 6.45) is 1.48. The van der Waals surface area contributed by atoms with E-state index in [0.29, 0.717) is 11.1 Å². The molecule has 2 rings (SSSR count). The Morgan fingerprint density at radius 3 is 2.21 bits per heavy atom. The molecule has 5 nitrogen and oxygen atoms in total. The standard InChI is InChI=1S/C21H29FN2O3S/c1-13(2)17-7-8-19(22)21(14(3)4)18(17)11-16(25)12-28(26,27)20-9-10-24(23-20)15(5)6/h7-10,13-15H,11-12H2,1-6H3. The minimum atomic E-state index is -3.84. The van der Waals surface area contributed by atoms with E-state index in [-0.39, 0.29) is 35.1 Å². The second kappa shape index (κ2) is 8.55. The molecule has 7 heteroatoms. The van der Waals surface area contributed by atoms with E-state index >= 15 is 0 Å². The molecule has 0 aliphatic heterocycles. The summed E-state index contributed by atoms with van der Waals surface area (Å²) >= 11 is 0. The fraction of sp³-hybridized carbons (Fsp3) is 0.524. The van der Waals surface area contributed by atoms with Gasteiger partial charge >= 0.3 is 0 Å². The van der Waals surface area contributed by atoms with Crippen molar-refractivity contribution < 1.29 is 17.6 Å². The zero-order valence-electron chi connectivity index (χ0n) is 17.4. The monoisotopic (exact) mass is 408 g/mol. The van der Waals surface area contributed by atoms with E-state index in [2.05, 4.69) is 5.10 Å². The van der Waals surface area contributed by atoms with Gasteiger partial charge in [-0.05, 0) is 54.5 Å². The maximum absolute atomic E-state index is 14.4. The fourth-order valence-electron chi connectivity index (χ4n) is 3.32. The summed E-state index contributed by atoms with van der Waals surface area (Å²) < 4.78 is 41.2. The number of hydrogen-bond acceptors (Lipinski definition) is 4. The van der Waals surface area contributed by atoms with Crippen LogP contribution in [0.1, 0.15) is 76.1 Å². The Balaban J connectivity index is 2.33.